The molecule has 4 aromatic carbocycles. The molecule has 0 saturated heterocycles. The Morgan fingerprint density at radius 1 is 0.833 bits per heavy atom. The zero-order valence-corrected chi connectivity index (χ0v) is 27.9. The SMILES string of the molecule is CCOC1=C(O[Si](C)(C)C)c2ccccc2C1c1cccc2c1[cH-]c1ccccc12.Cl.Cl.[CH3-].[CH3-].[Si]=[Zr]. The molecule has 4 aromatic rings. The Kier molecular flexibility index (Phi) is 14.1. The summed E-state index contributed by atoms with van der Waals surface area (Å²) in [5.74, 6) is 1.94. The molecule has 2 radical (unpaired) electrons. The zero-order valence-electron chi connectivity index (χ0n) is 21.8. The van der Waals surface area contributed by atoms with Crippen molar-refractivity contribution in [3.8, 4) is 0 Å². The van der Waals surface area contributed by atoms with Gasteiger partial charge in [-0.25, -0.2) is 0 Å². The van der Waals surface area contributed by atoms with Crippen LogP contribution in [0.3, 0.4) is 0 Å². The molecule has 0 aromatic heterocycles. The van der Waals surface area contributed by atoms with Crippen molar-refractivity contribution >= 4 is 67.3 Å². The number of hydrogen-bond donors (Lipinski definition) is 0. The molecule has 0 fully saturated rings. The van der Waals surface area contributed by atoms with E-state index in [1.807, 2.05) is 0 Å². The molecule has 2 nitrogen and oxygen atoms in total. The molecule has 0 saturated carbocycles. The van der Waals surface area contributed by atoms with Crippen LogP contribution in [0.4, 0.5) is 0 Å². The Labute approximate surface area is 247 Å². The van der Waals surface area contributed by atoms with Gasteiger partial charge in [-0.3, -0.25) is 0 Å². The fraction of sp³-hybridized carbons (Fsp3) is 0.207. The van der Waals surface area contributed by atoms with Gasteiger partial charge in [0.1, 0.15) is 11.5 Å². The van der Waals surface area contributed by atoms with E-state index in [1.165, 1.54) is 61.6 Å². The molecule has 192 valence electrons. The van der Waals surface area contributed by atoms with Gasteiger partial charge in [0.15, 0.2) is 0 Å². The molecule has 7 heteroatoms. The van der Waals surface area contributed by atoms with E-state index in [0.29, 0.717) is 6.61 Å². The summed E-state index contributed by atoms with van der Waals surface area (Å²) in [4.78, 5) is 0. The molecule has 1 unspecified atom stereocenters. The average Bonchev–Trinajstić information content (AvgIpc) is 3.31. The van der Waals surface area contributed by atoms with Gasteiger partial charge in [-0.2, -0.15) is 0 Å². The van der Waals surface area contributed by atoms with Crippen LogP contribution in [0, 0.1) is 14.9 Å². The fourth-order valence-corrected chi connectivity index (χ4v) is 5.46. The molecule has 36 heavy (non-hydrogen) atoms. The summed E-state index contributed by atoms with van der Waals surface area (Å²) in [5.41, 5.74) is 3.72. The van der Waals surface area contributed by atoms with Crippen molar-refractivity contribution in [1.82, 2.24) is 0 Å². The predicted molar refractivity (Wildman–Crippen MR) is 161 cm³/mol. The fourth-order valence-electron chi connectivity index (χ4n) is 4.64. The van der Waals surface area contributed by atoms with Gasteiger partial charge in [0.05, 0.1) is 6.61 Å². The second-order valence-corrected chi connectivity index (χ2v) is 13.3. The first-order chi connectivity index (χ1) is 15.5. The van der Waals surface area contributed by atoms with Crippen molar-refractivity contribution in [2.45, 2.75) is 32.5 Å². The van der Waals surface area contributed by atoms with E-state index in [-0.39, 0.29) is 45.6 Å². The van der Waals surface area contributed by atoms with E-state index in [0.717, 1.165) is 11.5 Å². The van der Waals surface area contributed by atoms with E-state index in [4.69, 9.17) is 9.16 Å². The summed E-state index contributed by atoms with van der Waals surface area (Å²) in [6.45, 7) is 12.4. The maximum atomic E-state index is 6.61. The number of benzene rings is 3. The molecule has 1 atom stereocenters. The number of fused-ring (bicyclic) bond motifs is 4. The summed E-state index contributed by atoms with van der Waals surface area (Å²) in [7, 11) is -1.81. The van der Waals surface area contributed by atoms with E-state index < -0.39 is 8.32 Å². The number of allylic oxidation sites excluding steroid dienone is 1. The molecule has 0 N–H and O–H groups in total. The maximum absolute atomic E-state index is 6.61. The van der Waals surface area contributed by atoms with Crippen molar-refractivity contribution in [3.05, 3.63) is 110 Å². The van der Waals surface area contributed by atoms with Crippen LogP contribution in [-0.2, 0) is 32.5 Å². The number of halogens is 2. The van der Waals surface area contributed by atoms with Gasteiger partial charge in [0, 0.05) is 11.5 Å². The average molecular weight is 634 g/mol. The van der Waals surface area contributed by atoms with E-state index in [1.54, 1.807) is 0 Å². The second-order valence-electron chi connectivity index (χ2n) is 8.90. The van der Waals surface area contributed by atoms with Crippen LogP contribution in [0.5, 0.6) is 0 Å². The zero-order chi connectivity index (χ0) is 22.9. The monoisotopic (exact) mass is 631 g/mol. The first-order valence-electron chi connectivity index (χ1n) is 11.0. The summed E-state index contributed by atoms with van der Waals surface area (Å²) in [6.07, 6.45) is 0. The van der Waals surface area contributed by atoms with Crippen molar-refractivity contribution in [3.63, 3.8) is 0 Å². The summed E-state index contributed by atoms with van der Waals surface area (Å²) < 4.78 is 12.9. The van der Waals surface area contributed by atoms with E-state index in [9.17, 15) is 0 Å². The van der Waals surface area contributed by atoms with Gasteiger partial charge in [-0.15, -0.1) is 58.5 Å². The predicted octanol–water partition coefficient (Wildman–Crippen LogP) is 8.77. The second kappa shape index (κ2) is 14.6. The third-order valence-corrected chi connectivity index (χ3v) is 6.53. The quantitative estimate of drug-likeness (QED) is 0.162. The minimum absolute atomic E-state index is 0. The van der Waals surface area contributed by atoms with Crippen LogP contribution in [0.2, 0.25) is 19.6 Å². The summed E-state index contributed by atoms with van der Waals surface area (Å²) >= 11 is 1.36. The third kappa shape index (κ3) is 6.60. The normalized spacial score (nSPS) is 13.7. The molecule has 0 aliphatic heterocycles. The van der Waals surface area contributed by atoms with Crippen LogP contribution in [0.1, 0.15) is 29.5 Å². The number of rotatable bonds is 5. The topological polar surface area (TPSA) is 18.5 Å². The molecule has 1 aliphatic rings. The van der Waals surface area contributed by atoms with Crippen molar-refractivity contribution in [2.75, 3.05) is 6.61 Å². The van der Waals surface area contributed by atoms with Crippen molar-refractivity contribution in [1.29, 1.82) is 0 Å². The van der Waals surface area contributed by atoms with Crippen LogP contribution in [0.15, 0.2) is 78.6 Å². The molecule has 0 heterocycles. The first-order valence-corrected chi connectivity index (χ1v) is 18.5. The van der Waals surface area contributed by atoms with Crippen LogP contribution in [0.25, 0.3) is 27.3 Å². The first kappa shape index (κ1) is 34.8. The van der Waals surface area contributed by atoms with Gasteiger partial charge in [-0.05, 0) is 32.1 Å². The van der Waals surface area contributed by atoms with Crippen LogP contribution in [-0.4, -0.2) is 21.8 Å². The minimum atomic E-state index is -1.81. The Morgan fingerprint density at radius 3 is 2.08 bits per heavy atom. The molecule has 5 rings (SSSR count). The molecular formula is C29H35Cl2O2Si2Zr-3. The molecule has 0 spiro atoms. The molecule has 0 amide bonds. The van der Waals surface area contributed by atoms with Gasteiger partial charge < -0.3 is 24.0 Å². The molecular weight excluding hydrogens is 599 g/mol. The molecule has 0 bridgehead atoms. The Hall–Kier alpha value is -1.23. The number of hydrogen-bond acceptors (Lipinski definition) is 2. The Bertz CT molecular complexity index is 1310. The van der Waals surface area contributed by atoms with Gasteiger partial charge >= 0.3 is 30.2 Å². The van der Waals surface area contributed by atoms with Gasteiger partial charge in [0.25, 0.3) is 0 Å². The van der Waals surface area contributed by atoms with Gasteiger partial charge in [0.2, 0.25) is 8.32 Å². The van der Waals surface area contributed by atoms with E-state index in [2.05, 4.69) is 106 Å². The third-order valence-electron chi connectivity index (χ3n) is 5.71. The Morgan fingerprint density at radius 2 is 1.42 bits per heavy atom. The summed E-state index contributed by atoms with van der Waals surface area (Å²) in [6, 6.07) is 26.2. The summed E-state index contributed by atoms with van der Waals surface area (Å²) in [5, 5.41) is 5.19. The van der Waals surface area contributed by atoms with Gasteiger partial charge in [-0.1, -0.05) is 66.2 Å². The van der Waals surface area contributed by atoms with E-state index >= 15 is 0 Å². The standard InChI is InChI=1S/C27H27O2Si.2CH3.2ClH.Si.Zr/c1-5-28-27-25(21-13-8-9-14-23(21)26(27)29-30(2,3)4)22-16-10-15-20-19-12-7-6-11-18(19)17-24(20)22;;;;;;/h6-17,25H,5H2,1-4H3;2*1H3;2*1H;;/q3*-1;;;;. The number of ether oxygens (including phenoxy) is 1. The van der Waals surface area contributed by atoms with Crippen molar-refractivity contribution < 1.29 is 32.5 Å². The van der Waals surface area contributed by atoms with Crippen LogP contribution < -0.4 is 0 Å². The van der Waals surface area contributed by atoms with Crippen molar-refractivity contribution in [2.24, 2.45) is 0 Å². The van der Waals surface area contributed by atoms with Crippen LogP contribution >= 0.6 is 24.8 Å². The molecule has 1 aliphatic carbocycles. The Balaban J connectivity index is 0.00000199.